The number of nitrogens with one attached hydrogen (secondary N) is 1. The van der Waals surface area contributed by atoms with Crippen molar-refractivity contribution in [3.8, 4) is 0 Å². The van der Waals surface area contributed by atoms with Crippen LogP contribution in [0.15, 0.2) is 47.8 Å². The van der Waals surface area contributed by atoms with Crippen molar-refractivity contribution in [3.05, 3.63) is 69.5 Å². The van der Waals surface area contributed by atoms with Gasteiger partial charge in [0.2, 0.25) is 5.95 Å². The van der Waals surface area contributed by atoms with Crippen LogP contribution in [0.1, 0.15) is 34.5 Å². The van der Waals surface area contributed by atoms with Crippen LogP contribution in [0.4, 0.5) is 24.9 Å². The van der Waals surface area contributed by atoms with E-state index < -0.39 is 17.3 Å². The minimum Gasteiger partial charge on any atom is -0.385 e. The first-order chi connectivity index (χ1) is 14.7. The van der Waals surface area contributed by atoms with E-state index in [4.69, 9.17) is 0 Å². The van der Waals surface area contributed by atoms with Gasteiger partial charge in [-0.15, -0.1) is 11.3 Å². The number of thiophene rings is 1. The van der Waals surface area contributed by atoms with Gasteiger partial charge in [-0.2, -0.15) is 18.2 Å². The van der Waals surface area contributed by atoms with Crippen molar-refractivity contribution < 1.29 is 18.3 Å². The molecule has 3 heterocycles. The third kappa shape index (κ3) is 4.99. The fraction of sp³-hybridized carbons (Fsp3) is 0.364. The van der Waals surface area contributed by atoms with Gasteiger partial charge in [0.05, 0.1) is 17.7 Å². The molecule has 0 unspecified atom stereocenters. The second-order valence-electron chi connectivity index (χ2n) is 7.72. The summed E-state index contributed by atoms with van der Waals surface area (Å²) in [6, 6.07) is 10.9. The maximum atomic E-state index is 13.1. The lowest BCUT2D eigenvalue weighted by Crippen LogP contribution is -2.43. The Balaban J connectivity index is 1.46. The van der Waals surface area contributed by atoms with Crippen LogP contribution in [0.5, 0.6) is 0 Å². The van der Waals surface area contributed by atoms with E-state index in [0.717, 1.165) is 23.6 Å². The third-order valence-electron chi connectivity index (χ3n) is 5.47. The highest BCUT2D eigenvalue weighted by molar-refractivity contribution is 7.09. The maximum absolute atomic E-state index is 13.1. The first kappa shape index (κ1) is 21.6. The Morgan fingerprint density at radius 1 is 1.13 bits per heavy atom. The SMILES string of the molecule is Cc1cc(NCc2cccs2)nc(N2CCC(O)(c3cccc(C(F)(F)F)c3)CC2)n1. The Hall–Kier alpha value is -2.65. The van der Waals surface area contributed by atoms with Crippen LogP contribution in [0.25, 0.3) is 0 Å². The molecule has 9 heteroatoms. The van der Waals surface area contributed by atoms with E-state index in [1.165, 1.54) is 10.9 Å². The van der Waals surface area contributed by atoms with Gasteiger partial charge in [-0.25, -0.2) is 4.98 Å². The molecule has 0 amide bonds. The number of hydrogen-bond donors (Lipinski definition) is 2. The minimum absolute atomic E-state index is 0.295. The van der Waals surface area contributed by atoms with E-state index in [0.29, 0.717) is 44.0 Å². The van der Waals surface area contributed by atoms with Crippen molar-refractivity contribution in [2.45, 2.75) is 38.1 Å². The molecule has 164 valence electrons. The van der Waals surface area contributed by atoms with Gasteiger partial charge in [0.15, 0.2) is 0 Å². The van der Waals surface area contributed by atoms with Crippen molar-refractivity contribution in [3.63, 3.8) is 0 Å². The molecule has 31 heavy (non-hydrogen) atoms. The number of piperidine rings is 1. The molecule has 0 atom stereocenters. The predicted molar refractivity (Wildman–Crippen MR) is 115 cm³/mol. The van der Waals surface area contributed by atoms with Gasteiger partial charge in [0, 0.05) is 29.7 Å². The van der Waals surface area contributed by atoms with Gasteiger partial charge in [-0.3, -0.25) is 0 Å². The van der Waals surface area contributed by atoms with Crippen LogP contribution in [-0.4, -0.2) is 28.2 Å². The van der Waals surface area contributed by atoms with Crippen molar-refractivity contribution in [2.75, 3.05) is 23.3 Å². The van der Waals surface area contributed by atoms with Crippen molar-refractivity contribution >= 4 is 23.1 Å². The zero-order valence-electron chi connectivity index (χ0n) is 17.0. The van der Waals surface area contributed by atoms with Crippen LogP contribution in [0.3, 0.4) is 0 Å². The highest BCUT2D eigenvalue weighted by Crippen LogP contribution is 2.37. The van der Waals surface area contributed by atoms with Gasteiger partial charge in [-0.1, -0.05) is 18.2 Å². The summed E-state index contributed by atoms with van der Waals surface area (Å²) in [6.07, 6.45) is -3.85. The molecule has 1 aliphatic heterocycles. The summed E-state index contributed by atoms with van der Waals surface area (Å²) < 4.78 is 39.2. The monoisotopic (exact) mass is 448 g/mol. The molecule has 2 aromatic heterocycles. The Morgan fingerprint density at radius 3 is 2.58 bits per heavy atom. The summed E-state index contributed by atoms with van der Waals surface area (Å²) in [6.45, 7) is 3.45. The highest BCUT2D eigenvalue weighted by Gasteiger charge is 2.37. The van der Waals surface area contributed by atoms with E-state index in [1.807, 2.05) is 35.4 Å². The number of benzene rings is 1. The lowest BCUT2D eigenvalue weighted by atomic mass is 9.84. The number of hydrogen-bond acceptors (Lipinski definition) is 6. The maximum Gasteiger partial charge on any atom is 0.416 e. The number of nitrogens with zero attached hydrogens (tertiary/aromatic N) is 3. The van der Waals surface area contributed by atoms with E-state index in [-0.39, 0.29) is 0 Å². The molecule has 4 rings (SSSR count). The number of aliphatic hydroxyl groups is 1. The smallest absolute Gasteiger partial charge is 0.385 e. The Labute approximate surface area is 182 Å². The largest absolute Gasteiger partial charge is 0.416 e. The molecule has 1 aromatic carbocycles. The Bertz CT molecular complexity index is 1030. The molecular weight excluding hydrogens is 425 g/mol. The molecule has 5 nitrogen and oxygen atoms in total. The Kier molecular flexibility index (Phi) is 5.90. The summed E-state index contributed by atoms with van der Waals surface area (Å²) in [4.78, 5) is 12.3. The Morgan fingerprint density at radius 2 is 1.90 bits per heavy atom. The standard InChI is InChI=1S/C22H23F3N4OS/c1-15-12-19(26-14-18-6-3-11-31-18)28-20(27-15)29-9-7-21(30,8-10-29)16-4-2-5-17(13-16)22(23,24)25/h2-6,11-13,30H,7-10,14H2,1H3,(H,26,27,28). The van der Waals surface area contributed by atoms with Crippen LogP contribution in [-0.2, 0) is 18.3 Å². The number of rotatable bonds is 5. The lowest BCUT2D eigenvalue weighted by molar-refractivity contribution is -0.137. The average Bonchev–Trinajstić information content (AvgIpc) is 3.26. The average molecular weight is 449 g/mol. The molecule has 3 aromatic rings. The molecule has 0 aliphatic carbocycles. The first-order valence-corrected chi connectivity index (χ1v) is 10.9. The van der Waals surface area contributed by atoms with Crippen molar-refractivity contribution in [1.82, 2.24) is 9.97 Å². The zero-order valence-corrected chi connectivity index (χ0v) is 17.8. The zero-order chi connectivity index (χ0) is 22.1. The van der Waals surface area contributed by atoms with Crippen LogP contribution in [0, 0.1) is 6.92 Å². The summed E-state index contributed by atoms with van der Waals surface area (Å²) in [5, 5.41) is 16.4. The molecule has 0 spiro atoms. The van der Waals surface area contributed by atoms with E-state index >= 15 is 0 Å². The van der Waals surface area contributed by atoms with E-state index in [9.17, 15) is 18.3 Å². The number of halogens is 3. The first-order valence-electron chi connectivity index (χ1n) is 10.00. The third-order valence-corrected chi connectivity index (χ3v) is 6.34. The normalized spacial score (nSPS) is 16.4. The molecule has 0 bridgehead atoms. The minimum atomic E-state index is -4.44. The number of aromatic nitrogens is 2. The second kappa shape index (κ2) is 8.47. The van der Waals surface area contributed by atoms with Gasteiger partial charge in [-0.05, 0) is 48.9 Å². The van der Waals surface area contributed by atoms with Crippen LogP contribution >= 0.6 is 11.3 Å². The van der Waals surface area contributed by atoms with Gasteiger partial charge >= 0.3 is 6.18 Å². The molecule has 1 aliphatic rings. The van der Waals surface area contributed by atoms with E-state index in [1.54, 1.807) is 17.4 Å². The quantitative estimate of drug-likeness (QED) is 0.577. The molecule has 1 saturated heterocycles. The number of alkyl halides is 3. The molecule has 0 radical (unpaired) electrons. The molecule has 0 saturated carbocycles. The summed E-state index contributed by atoms with van der Waals surface area (Å²) in [7, 11) is 0. The lowest BCUT2D eigenvalue weighted by Gasteiger charge is -2.38. The molecule has 1 fully saturated rings. The fourth-order valence-corrected chi connectivity index (χ4v) is 4.37. The van der Waals surface area contributed by atoms with E-state index in [2.05, 4.69) is 15.3 Å². The predicted octanol–water partition coefficient (Wildman–Crippen LogP) is 4.97. The highest BCUT2D eigenvalue weighted by atomic mass is 32.1. The number of aryl methyl sites for hydroxylation is 1. The van der Waals surface area contributed by atoms with Crippen LogP contribution in [0.2, 0.25) is 0 Å². The van der Waals surface area contributed by atoms with Gasteiger partial charge in [0.25, 0.3) is 0 Å². The summed E-state index contributed by atoms with van der Waals surface area (Å²) >= 11 is 1.66. The topological polar surface area (TPSA) is 61.3 Å². The molecule has 2 N–H and O–H groups in total. The van der Waals surface area contributed by atoms with Crippen molar-refractivity contribution in [2.24, 2.45) is 0 Å². The van der Waals surface area contributed by atoms with Crippen molar-refractivity contribution in [1.29, 1.82) is 0 Å². The molecular formula is C22H23F3N4OS. The van der Waals surface area contributed by atoms with Gasteiger partial charge in [0.1, 0.15) is 5.82 Å². The summed E-state index contributed by atoms with van der Waals surface area (Å²) in [5.74, 6) is 1.27. The van der Waals surface area contributed by atoms with Gasteiger partial charge < -0.3 is 15.3 Å². The number of anilines is 2. The fourth-order valence-electron chi connectivity index (χ4n) is 3.73. The second-order valence-corrected chi connectivity index (χ2v) is 8.76. The summed E-state index contributed by atoms with van der Waals surface area (Å²) in [5.41, 5.74) is -0.936. The van der Waals surface area contributed by atoms with Crippen LogP contribution < -0.4 is 10.2 Å².